The van der Waals surface area contributed by atoms with Gasteiger partial charge in [-0.25, -0.2) is 4.79 Å². The van der Waals surface area contributed by atoms with E-state index in [1.165, 1.54) is 0 Å². The van der Waals surface area contributed by atoms with E-state index >= 15 is 0 Å². The highest BCUT2D eigenvalue weighted by molar-refractivity contribution is 6.33. The molecular weight excluding hydrogens is 234 g/mol. The molecule has 1 N–H and O–H groups in total. The summed E-state index contributed by atoms with van der Waals surface area (Å²) in [7, 11) is 1.58. The number of aliphatic carboxylic acids is 1. The standard InChI is InChI=1S/C13H11NO4/c1-18-10-4-5-11-8(6-10)2-3-9(14-11)7-12(15)13(16)17/h2-6H,7H2,1H3,(H,16,17). The van der Waals surface area contributed by atoms with Gasteiger partial charge in [-0.15, -0.1) is 0 Å². The molecule has 2 aromatic rings. The Morgan fingerprint density at radius 2 is 2.06 bits per heavy atom. The molecule has 5 nitrogen and oxygen atoms in total. The number of carbonyl (C=O) groups is 2. The summed E-state index contributed by atoms with van der Waals surface area (Å²) in [5.74, 6) is -1.58. The predicted octanol–water partition coefficient (Wildman–Crippen LogP) is 1.44. The third kappa shape index (κ3) is 2.45. The van der Waals surface area contributed by atoms with Gasteiger partial charge in [-0.3, -0.25) is 9.78 Å². The highest BCUT2D eigenvalue weighted by Gasteiger charge is 2.13. The number of methoxy groups -OCH3 is 1. The monoisotopic (exact) mass is 245 g/mol. The van der Waals surface area contributed by atoms with Gasteiger partial charge in [0.05, 0.1) is 19.0 Å². The molecule has 0 atom stereocenters. The van der Waals surface area contributed by atoms with Gasteiger partial charge in [0.15, 0.2) is 0 Å². The van der Waals surface area contributed by atoms with Gasteiger partial charge in [0, 0.05) is 11.1 Å². The average molecular weight is 245 g/mol. The molecule has 0 aliphatic heterocycles. The lowest BCUT2D eigenvalue weighted by Crippen LogP contribution is -2.15. The van der Waals surface area contributed by atoms with Crippen LogP contribution in [0.5, 0.6) is 5.75 Å². The molecule has 5 heteroatoms. The van der Waals surface area contributed by atoms with E-state index in [0.717, 1.165) is 11.1 Å². The number of fused-ring (bicyclic) bond motifs is 1. The molecule has 0 fully saturated rings. The number of Topliss-reactive ketones (excluding diaryl/α,β-unsaturated/α-hetero) is 1. The minimum atomic E-state index is -1.44. The molecule has 1 aromatic heterocycles. The number of nitrogens with zero attached hydrogens (tertiary/aromatic N) is 1. The highest BCUT2D eigenvalue weighted by Crippen LogP contribution is 2.19. The number of carbonyl (C=O) groups excluding carboxylic acids is 1. The van der Waals surface area contributed by atoms with Crippen LogP contribution in [0.4, 0.5) is 0 Å². The summed E-state index contributed by atoms with van der Waals surface area (Å²) in [6.45, 7) is 0. The van der Waals surface area contributed by atoms with Crippen molar-refractivity contribution in [3.63, 3.8) is 0 Å². The van der Waals surface area contributed by atoms with Gasteiger partial charge in [0.2, 0.25) is 5.78 Å². The lowest BCUT2D eigenvalue weighted by molar-refractivity contribution is -0.148. The molecule has 92 valence electrons. The second kappa shape index (κ2) is 4.83. The first-order chi connectivity index (χ1) is 8.60. The van der Waals surface area contributed by atoms with Crippen LogP contribution < -0.4 is 4.74 Å². The average Bonchev–Trinajstić information content (AvgIpc) is 2.37. The zero-order valence-electron chi connectivity index (χ0n) is 9.71. The number of hydrogen-bond donors (Lipinski definition) is 1. The highest BCUT2D eigenvalue weighted by atomic mass is 16.5. The molecule has 0 saturated heterocycles. The number of hydrogen-bond acceptors (Lipinski definition) is 4. The molecule has 0 bridgehead atoms. The third-order valence-corrected chi connectivity index (χ3v) is 2.53. The number of pyridine rings is 1. The van der Waals surface area contributed by atoms with Crippen molar-refractivity contribution in [2.45, 2.75) is 6.42 Å². The maximum Gasteiger partial charge on any atom is 0.372 e. The molecule has 1 aromatic carbocycles. The Balaban J connectivity index is 2.33. The van der Waals surface area contributed by atoms with Crippen molar-refractivity contribution in [1.82, 2.24) is 4.98 Å². The molecule has 1 heterocycles. The Hall–Kier alpha value is -2.43. The molecule has 0 spiro atoms. The van der Waals surface area contributed by atoms with E-state index in [1.807, 2.05) is 6.07 Å². The summed E-state index contributed by atoms with van der Waals surface area (Å²) in [6.07, 6.45) is -0.197. The number of ketones is 1. The fourth-order valence-electron chi connectivity index (χ4n) is 1.61. The summed E-state index contributed by atoms with van der Waals surface area (Å²) in [4.78, 5) is 25.8. The molecule has 18 heavy (non-hydrogen) atoms. The van der Waals surface area contributed by atoms with Gasteiger partial charge in [0.1, 0.15) is 5.75 Å². The number of ether oxygens (including phenoxy) is 1. The quantitative estimate of drug-likeness (QED) is 0.825. The normalized spacial score (nSPS) is 10.3. The smallest absolute Gasteiger partial charge is 0.372 e. The number of aromatic nitrogens is 1. The van der Waals surface area contributed by atoms with E-state index in [9.17, 15) is 9.59 Å². The first-order valence-corrected chi connectivity index (χ1v) is 5.30. The Kier molecular flexibility index (Phi) is 3.23. The first-order valence-electron chi connectivity index (χ1n) is 5.30. The van der Waals surface area contributed by atoms with Gasteiger partial charge < -0.3 is 9.84 Å². The number of benzene rings is 1. The summed E-state index contributed by atoms with van der Waals surface area (Å²) < 4.78 is 5.09. The van der Waals surface area contributed by atoms with E-state index in [2.05, 4.69) is 4.98 Å². The molecule has 0 saturated carbocycles. The van der Waals surface area contributed by atoms with Crippen molar-refractivity contribution in [1.29, 1.82) is 0 Å². The van der Waals surface area contributed by atoms with Crippen LogP contribution in [-0.2, 0) is 16.0 Å². The van der Waals surface area contributed by atoms with Crippen LogP contribution in [0.25, 0.3) is 10.9 Å². The second-order valence-corrected chi connectivity index (χ2v) is 3.77. The van der Waals surface area contributed by atoms with Crippen molar-refractivity contribution in [3.8, 4) is 5.75 Å². The van der Waals surface area contributed by atoms with Crippen LogP contribution in [0, 0.1) is 0 Å². The summed E-state index contributed by atoms with van der Waals surface area (Å²) in [6, 6.07) is 8.78. The van der Waals surface area contributed by atoms with Crippen molar-refractivity contribution >= 4 is 22.7 Å². The summed E-state index contributed by atoms with van der Waals surface area (Å²) >= 11 is 0. The largest absolute Gasteiger partial charge is 0.497 e. The lowest BCUT2D eigenvalue weighted by atomic mass is 10.1. The fraction of sp³-hybridized carbons (Fsp3) is 0.154. The van der Waals surface area contributed by atoms with Crippen molar-refractivity contribution in [2.24, 2.45) is 0 Å². The number of carboxylic acids is 1. The predicted molar refractivity (Wildman–Crippen MR) is 64.6 cm³/mol. The van der Waals surface area contributed by atoms with Crippen molar-refractivity contribution < 1.29 is 19.4 Å². The molecule has 0 aliphatic carbocycles. The molecule has 0 radical (unpaired) electrons. The van der Waals surface area contributed by atoms with E-state index in [0.29, 0.717) is 11.2 Å². The molecule has 2 rings (SSSR count). The Labute approximate surface area is 103 Å². The van der Waals surface area contributed by atoms with Crippen molar-refractivity contribution in [2.75, 3.05) is 7.11 Å². The third-order valence-electron chi connectivity index (χ3n) is 2.53. The maximum atomic E-state index is 11.1. The Morgan fingerprint density at radius 1 is 1.28 bits per heavy atom. The lowest BCUT2D eigenvalue weighted by Gasteiger charge is -2.03. The van der Waals surface area contributed by atoms with Crippen molar-refractivity contribution in [3.05, 3.63) is 36.0 Å². The van der Waals surface area contributed by atoms with E-state index < -0.39 is 11.8 Å². The Morgan fingerprint density at radius 3 is 2.72 bits per heavy atom. The summed E-state index contributed by atoms with van der Waals surface area (Å²) in [5, 5.41) is 9.41. The van der Waals surface area contributed by atoms with Crippen LogP contribution in [0.2, 0.25) is 0 Å². The fourth-order valence-corrected chi connectivity index (χ4v) is 1.61. The van der Waals surface area contributed by atoms with Crippen LogP contribution >= 0.6 is 0 Å². The molecule has 0 unspecified atom stereocenters. The van der Waals surface area contributed by atoms with Crippen LogP contribution in [0.15, 0.2) is 30.3 Å². The topological polar surface area (TPSA) is 76.5 Å². The molecule has 0 aliphatic rings. The van der Waals surface area contributed by atoms with Crippen LogP contribution in [-0.4, -0.2) is 29.0 Å². The minimum absolute atomic E-state index is 0.197. The minimum Gasteiger partial charge on any atom is -0.497 e. The molecular formula is C13H11NO4. The Bertz CT molecular complexity index is 621. The zero-order valence-corrected chi connectivity index (χ0v) is 9.71. The second-order valence-electron chi connectivity index (χ2n) is 3.77. The van der Waals surface area contributed by atoms with Gasteiger partial charge in [-0.05, 0) is 24.3 Å². The van der Waals surface area contributed by atoms with E-state index in [1.54, 1.807) is 31.4 Å². The summed E-state index contributed by atoms with van der Waals surface area (Å²) in [5.41, 5.74) is 1.14. The number of carboxylic acid groups (broad SMARTS) is 1. The number of rotatable bonds is 4. The SMILES string of the molecule is COc1ccc2nc(CC(=O)C(=O)O)ccc2c1. The van der Waals surface area contributed by atoms with Gasteiger partial charge in [0.25, 0.3) is 0 Å². The van der Waals surface area contributed by atoms with Gasteiger partial charge in [-0.2, -0.15) is 0 Å². The van der Waals surface area contributed by atoms with Gasteiger partial charge >= 0.3 is 5.97 Å². The first kappa shape index (κ1) is 12.0. The van der Waals surface area contributed by atoms with Gasteiger partial charge in [-0.1, -0.05) is 6.07 Å². The van der Waals surface area contributed by atoms with Crippen LogP contribution in [0.1, 0.15) is 5.69 Å². The van der Waals surface area contributed by atoms with Crippen LogP contribution in [0.3, 0.4) is 0 Å². The zero-order chi connectivity index (χ0) is 13.1. The van der Waals surface area contributed by atoms with E-state index in [4.69, 9.17) is 9.84 Å². The van der Waals surface area contributed by atoms with E-state index in [-0.39, 0.29) is 6.42 Å². The maximum absolute atomic E-state index is 11.1. The molecule has 0 amide bonds.